The molecule has 108 valence electrons. The Labute approximate surface area is 112 Å². The van der Waals surface area contributed by atoms with E-state index in [4.69, 9.17) is 5.73 Å². The monoisotopic (exact) mass is 274 g/mol. The minimum Gasteiger partial charge on any atom is -0.399 e. The third-order valence-corrected chi connectivity index (χ3v) is 3.32. The summed E-state index contributed by atoms with van der Waals surface area (Å²) >= 11 is 0. The molecular formula is C14H21F3N2. The zero-order valence-electron chi connectivity index (χ0n) is 11.6. The molecule has 0 heterocycles. The molecule has 1 atom stereocenters. The van der Waals surface area contributed by atoms with Crippen molar-refractivity contribution in [1.29, 1.82) is 0 Å². The number of anilines is 1. The molecule has 0 fully saturated rings. The Kier molecular flexibility index (Phi) is 5.23. The standard InChI is InChI=1S/C14H21F3N2/c1-4-5-10(2)19(3)9-11-6-7-12(18)8-13(11)14(15,16)17/h6-8,10H,4-5,9,18H2,1-3H3. The summed E-state index contributed by atoms with van der Waals surface area (Å²) in [5, 5.41) is 0. The molecule has 1 rings (SSSR count). The summed E-state index contributed by atoms with van der Waals surface area (Å²) in [5.41, 5.74) is 5.22. The summed E-state index contributed by atoms with van der Waals surface area (Å²) in [6.45, 7) is 4.36. The lowest BCUT2D eigenvalue weighted by atomic mass is 10.0. The average Bonchev–Trinajstić information content (AvgIpc) is 2.30. The predicted molar refractivity (Wildman–Crippen MR) is 71.7 cm³/mol. The number of nitrogens with two attached hydrogens (primary N) is 1. The normalized spacial score (nSPS) is 13.8. The first-order valence-corrected chi connectivity index (χ1v) is 6.41. The second-order valence-corrected chi connectivity index (χ2v) is 4.97. The molecule has 0 spiro atoms. The lowest BCUT2D eigenvalue weighted by molar-refractivity contribution is -0.138. The molecule has 1 unspecified atom stereocenters. The number of halogens is 3. The molecule has 0 amide bonds. The lowest BCUT2D eigenvalue weighted by Gasteiger charge is -2.26. The summed E-state index contributed by atoms with van der Waals surface area (Å²) in [7, 11) is 1.84. The number of rotatable bonds is 5. The first-order chi connectivity index (χ1) is 8.75. The van der Waals surface area contributed by atoms with Crippen molar-refractivity contribution in [1.82, 2.24) is 4.90 Å². The maximum atomic E-state index is 13.0. The van der Waals surface area contributed by atoms with E-state index >= 15 is 0 Å². The van der Waals surface area contributed by atoms with Gasteiger partial charge >= 0.3 is 6.18 Å². The highest BCUT2D eigenvalue weighted by molar-refractivity contribution is 5.46. The second kappa shape index (κ2) is 6.28. The summed E-state index contributed by atoms with van der Waals surface area (Å²) < 4.78 is 38.9. The zero-order valence-corrected chi connectivity index (χ0v) is 11.6. The van der Waals surface area contributed by atoms with Crippen LogP contribution in [-0.2, 0) is 12.7 Å². The highest BCUT2D eigenvalue weighted by Crippen LogP contribution is 2.34. The summed E-state index contributed by atoms with van der Waals surface area (Å²) in [6.07, 6.45) is -2.38. The van der Waals surface area contributed by atoms with Crippen molar-refractivity contribution in [2.45, 2.75) is 45.5 Å². The van der Waals surface area contributed by atoms with Crippen LogP contribution in [0.4, 0.5) is 18.9 Å². The molecule has 0 bridgehead atoms. The van der Waals surface area contributed by atoms with E-state index < -0.39 is 11.7 Å². The van der Waals surface area contributed by atoms with Crippen molar-refractivity contribution in [3.63, 3.8) is 0 Å². The van der Waals surface area contributed by atoms with Crippen LogP contribution >= 0.6 is 0 Å². The van der Waals surface area contributed by atoms with Gasteiger partial charge in [-0.05, 0) is 38.1 Å². The topological polar surface area (TPSA) is 29.3 Å². The second-order valence-electron chi connectivity index (χ2n) is 4.97. The van der Waals surface area contributed by atoms with Gasteiger partial charge in [-0.1, -0.05) is 19.4 Å². The molecule has 5 heteroatoms. The van der Waals surface area contributed by atoms with E-state index in [-0.39, 0.29) is 23.8 Å². The number of nitrogen functional groups attached to an aromatic ring is 1. The highest BCUT2D eigenvalue weighted by atomic mass is 19.4. The molecule has 2 N–H and O–H groups in total. The lowest BCUT2D eigenvalue weighted by Crippen LogP contribution is -2.29. The van der Waals surface area contributed by atoms with E-state index in [0.717, 1.165) is 18.9 Å². The molecule has 19 heavy (non-hydrogen) atoms. The minimum absolute atomic E-state index is 0.139. The van der Waals surface area contributed by atoms with Crippen molar-refractivity contribution < 1.29 is 13.2 Å². The minimum atomic E-state index is -4.36. The summed E-state index contributed by atoms with van der Waals surface area (Å²) in [5.74, 6) is 0. The van der Waals surface area contributed by atoms with Crippen LogP contribution in [0.25, 0.3) is 0 Å². The van der Waals surface area contributed by atoms with E-state index in [2.05, 4.69) is 6.92 Å². The SMILES string of the molecule is CCCC(C)N(C)Cc1ccc(N)cc1C(F)(F)F. The molecule has 0 radical (unpaired) electrons. The van der Waals surface area contributed by atoms with Gasteiger partial charge in [-0.2, -0.15) is 13.2 Å². The Bertz CT molecular complexity index is 416. The van der Waals surface area contributed by atoms with Crippen LogP contribution < -0.4 is 5.73 Å². The van der Waals surface area contributed by atoms with Gasteiger partial charge in [0.1, 0.15) is 0 Å². The van der Waals surface area contributed by atoms with Crippen molar-refractivity contribution >= 4 is 5.69 Å². The Morgan fingerprint density at radius 3 is 2.47 bits per heavy atom. The smallest absolute Gasteiger partial charge is 0.399 e. The summed E-state index contributed by atoms with van der Waals surface area (Å²) in [6, 6.07) is 4.24. The third-order valence-electron chi connectivity index (χ3n) is 3.32. The molecular weight excluding hydrogens is 253 g/mol. The fourth-order valence-corrected chi connectivity index (χ4v) is 2.06. The maximum Gasteiger partial charge on any atom is 0.416 e. The van der Waals surface area contributed by atoms with Gasteiger partial charge in [-0.3, -0.25) is 4.90 Å². The molecule has 0 aromatic heterocycles. The molecule has 0 saturated carbocycles. The number of alkyl halides is 3. The molecule has 2 nitrogen and oxygen atoms in total. The van der Waals surface area contributed by atoms with Crippen molar-refractivity contribution in [2.24, 2.45) is 0 Å². The van der Waals surface area contributed by atoms with Gasteiger partial charge in [0, 0.05) is 18.3 Å². The fraction of sp³-hybridized carbons (Fsp3) is 0.571. The van der Waals surface area contributed by atoms with E-state index in [1.807, 2.05) is 18.9 Å². The summed E-state index contributed by atoms with van der Waals surface area (Å²) in [4.78, 5) is 1.93. The van der Waals surface area contributed by atoms with Crippen molar-refractivity contribution in [3.05, 3.63) is 29.3 Å². The highest BCUT2D eigenvalue weighted by Gasteiger charge is 2.33. The largest absolute Gasteiger partial charge is 0.416 e. The first-order valence-electron chi connectivity index (χ1n) is 6.41. The number of hydrogen-bond acceptors (Lipinski definition) is 2. The molecule has 0 aliphatic carbocycles. The van der Waals surface area contributed by atoms with Gasteiger partial charge in [0.2, 0.25) is 0 Å². The van der Waals surface area contributed by atoms with Gasteiger partial charge < -0.3 is 5.73 Å². The average molecular weight is 274 g/mol. The van der Waals surface area contributed by atoms with Crippen molar-refractivity contribution in [2.75, 3.05) is 12.8 Å². The van der Waals surface area contributed by atoms with Crippen LogP contribution in [0.2, 0.25) is 0 Å². The van der Waals surface area contributed by atoms with Gasteiger partial charge in [0.25, 0.3) is 0 Å². The Hall–Kier alpha value is -1.23. The van der Waals surface area contributed by atoms with E-state index in [1.165, 1.54) is 12.1 Å². The molecule has 0 aliphatic rings. The Morgan fingerprint density at radius 2 is 1.95 bits per heavy atom. The Morgan fingerprint density at radius 1 is 1.32 bits per heavy atom. The van der Waals surface area contributed by atoms with Gasteiger partial charge in [-0.25, -0.2) is 0 Å². The zero-order chi connectivity index (χ0) is 14.6. The van der Waals surface area contributed by atoms with Crippen LogP contribution in [-0.4, -0.2) is 18.0 Å². The fourth-order valence-electron chi connectivity index (χ4n) is 2.06. The third kappa shape index (κ3) is 4.42. The number of nitrogens with zero attached hydrogens (tertiary/aromatic N) is 1. The van der Waals surface area contributed by atoms with Crippen LogP contribution in [0.3, 0.4) is 0 Å². The van der Waals surface area contributed by atoms with Crippen LogP contribution in [0, 0.1) is 0 Å². The number of benzene rings is 1. The maximum absolute atomic E-state index is 13.0. The van der Waals surface area contributed by atoms with Gasteiger partial charge in [0.05, 0.1) is 5.56 Å². The first kappa shape index (κ1) is 15.8. The van der Waals surface area contributed by atoms with Crippen LogP contribution in [0.5, 0.6) is 0 Å². The predicted octanol–water partition coefficient (Wildman–Crippen LogP) is 3.91. The molecule has 0 aliphatic heterocycles. The quantitative estimate of drug-likeness (QED) is 0.825. The van der Waals surface area contributed by atoms with E-state index in [9.17, 15) is 13.2 Å². The van der Waals surface area contributed by atoms with E-state index in [0.29, 0.717) is 0 Å². The van der Waals surface area contributed by atoms with Crippen LogP contribution in [0.1, 0.15) is 37.8 Å². The van der Waals surface area contributed by atoms with Gasteiger partial charge in [0.15, 0.2) is 0 Å². The van der Waals surface area contributed by atoms with E-state index in [1.54, 1.807) is 0 Å². The van der Waals surface area contributed by atoms with Gasteiger partial charge in [-0.15, -0.1) is 0 Å². The van der Waals surface area contributed by atoms with Crippen molar-refractivity contribution in [3.8, 4) is 0 Å². The Balaban J connectivity index is 2.95. The molecule has 1 aromatic carbocycles. The van der Waals surface area contributed by atoms with Crippen LogP contribution in [0.15, 0.2) is 18.2 Å². The molecule has 1 aromatic rings. The number of hydrogen-bond donors (Lipinski definition) is 1. The molecule has 0 saturated heterocycles.